The van der Waals surface area contributed by atoms with Gasteiger partial charge in [0, 0.05) is 42.0 Å². The second kappa shape index (κ2) is 10.8. The molecule has 0 radical (unpaired) electrons. The van der Waals surface area contributed by atoms with Gasteiger partial charge in [0.15, 0.2) is 0 Å². The normalized spacial score (nSPS) is 11.8. The molecule has 0 unspecified atom stereocenters. The Morgan fingerprint density at radius 1 is 0.354 bits per heavy atom. The van der Waals surface area contributed by atoms with Crippen molar-refractivity contribution in [2.45, 2.75) is 0 Å². The van der Waals surface area contributed by atoms with Gasteiger partial charge in [-0.2, -0.15) is 0 Å². The molecule has 0 aliphatic rings. The fraction of sp³-hybridized carbons (Fsp3) is 0. The fourth-order valence-corrected chi connectivity index (χ4v) is 8.80. The molecule has 0 fully saturated rings. The van der Waals surface area contributed by atoms with E-state index in [2.05, 4.69) is 180 Å². The number of hydrogen-bond donors (Lipinski definition) is 0. The minimum absolute atomic E-state index is 1.18. The minimum atomic E-state index is 1.18. The first-order valence-electron chi connectivity index (χ1n) is 16.4. The van der Waals surface area contributed by atoms with Crippen LogP contribution < -0.4 is 0 Å². The van der Waals surface area contributed by atoms with Crippen molar-refractivity contribution < 1.29 is 0 Å². The summed E-state index contributed by atoms with van der Waals surface area (Å²) in [4.78, 5) is 0. The number of hydrogen-bond acceptors (Lipinski definition) is 1. The number of fused-ring (bicyclic) bond motifs is 10. The predicted molar refractivity (Wildman–Crippen MR) is 207 cm³/mol. The first-order chi connectivity index (χ1) is 23.8. The molecule has 0 aliphatic heterocycles. The van der Waals surface area contributed by atoms with Gasteiger partial charge in [-0.25, -0.2) is 0 Å². The van der Waals surface area contributed by atoms with Crippen LogP contribution in [0.2, 0.25) is 0 Å². The average Bonchev–Trinajstić information content (AvgIpc) is 3.72. The molecule has 10 rings (SSSR count). The van der Waals surface area contributed by atoms with Gasteiger partial charge >= 0.3 is 0 Å². The van der Waals surface area contributed by atoms with E-state index in [1.807, 2.05) is 11.3 Å². The van der Waals surface area contributed by atoms with Crippen LogP contribution in [-0.4, -0.2) is 4.57 Å². The quantitative estimate of drug-likeness (QED) is 0.183. The van der Waals surface area contributed by atoms with E-state index in [1.165, 1.54) is 91.8 Å². The van der Waals surface area contributed by atoms with Crippen molar-refractivity contribution in [1.82, 2.24) is 4.57 Å². The Kier molecular flexibility index (Phi) is 6.12. The Morgan fingerprint density at radius 3 is 1.58 bits per heavy atom. The zero-order valence-corrected chi connectivity index (χ0v) is 26.9. The van der Waals surface area contributed by atoms with E-state index >= 15 is 0 Å². The molecule has 2 aromatic heterocycles. The summed E-state index contributed by atoms with van der Waals surface area (Å²) in [7, 11) is 0. The van der Waals surface area contributed by atoms with Crippen molar-refractivity contribution in [2.75, 3.05) is 0 Å². The van der Waals surface area contributed by atoms with Crippen LogP contribution in [0.3, 0.4) is 0 Å². The molecule has 48 heavy (non-hydrogen) atoms. The van der Waals surface area contributed by atoms with Gasteiger partial charge in [0.25, 0.3) is 0 Å². The second-order valence-corrected chi connectivity index (χ2v) is 13.6. The summed E-state index contributed by atoms with van der Waals surface area (Å²) < 4.78 is 5.15. The van der Waals surface area contributed by atoms with Gasteiger partial charge in [-0.05, 0) is 69.1 Å². The topological polar surface area (TPSA) is 4.93 Å². The SMILES string of the molecule is c1ccc(-c2ccc(-c3ccc4sc5c(c4c3)c3ccccc3c3c5c4ccc(-c5ccccc5)cc4n3-c3ccccc3)cc2)cc1. The van der Waals surface area contributed by atoms with Crippen LogP contribution in [0.4, 0.5) is 0 Å². The summed E-state index contributed by atoms with van der Waals surface area (Å²) >= 11 is 1.92. The maximum absolute atomic E-state index is 2.49. The number of nitrogens with zero attached hydrogens (tertiary/aromatic N) is 1. The highest BCUT2D eigenvalue weighted by atomic mass is 32.1. The zero-order valence-electron chi connectivity index (χ0n) is 26.1. The molecule has 2 heteroatoms. The van der Waals surface area contributed by atoms with Crippen molar-refractivity contribution in [3.8, 4) is 39.1 Å². The monoisotopic (exact) mass is 627 g/mol. The molecule has 0 aliphatic carbocycles. The summed E-state index contributed by atoms with van der Waals surface area (Å²) in [6.07, 6.45) is 0. The van der Waals surface area contributed by atoms with Crippen LogP contribution in [-0.2, 0) is 0 Å². The summed E-state index contributed by atoms with van der Waals surface area (Å²) in [5.41, 5.74) is 11.1. The summed E-state index contributed by atoms with van der Waals surface area (Å²) in [6.45, 7) is 0. The lowest BCUT2D eigenvalue weighted by Gasteiger charge is -2.11. The van der Waals surface area contributed by atoms with Gasteiger partial charge in [0.2, 0.25) is 0 Å². The molecular weight excluding hydrogens is 599 g/mol. The molecule has 1 nitrogen and oxygen atoms in total. The van der Waals surface area contributed by atoms with E-state index < -0.39 is 0 Å². The van der Waals surface area contributed by atoms with Crippen LogP contribution in [0.1, 0.15) is 0 Å². The zero-order chi connectivity index (χ0) is 31.6. The van der Waals surface area contributed by atoms with E-state index in [4.69, 9.17) is 0 Å². The molecule has 0 spiro atoms. The van der Waals surface area contributed by atoms with Crippen LogP contribution in [0.15, 0.2) is 176 Å². The Morgan fingerprint density at radius 2 is 0.875 bits per heavy atom. The van der Waals surface area contributed by atoms with E-state index in [-0.39, 0.29) is 0 Å². The highest BCUT2D eigenvalue weighted by Gasteiger charge is 2.22. The van der Waals surface area contributed by atoms with Crippen LogP contribution in [0, 0.1) is 0 Å². The lowest BCUT2D eigenvalue weighted by atomic mass is 9.96. The Balaban J connectivity index is 1.27. The highest BCUT2D eigenvalue weighted by molar-refractivity contribution is 7.27. The number of benzene rings is 8. The van der Waals surface area contributed by atoms with Crippen molar-refractivity contribution in [2.24, 2.45) is 0 Å². The maximum atomic E-state index is 2.49. The van der Waals surface area contributed by atoms with Gasteiger partial charge in [-0.15, -0.1) is 11.3 Å². The lowest BCUT2D eigenvalue weighted by Crippen LogP contribution is -1.94. The second-order valence-electron chi connectivity index (χ2n) is 12.5. The maximum Gasteiger partial charge on any atom is 0.0634 e. The van der Waals surface area contributed by atoms with Crippen LogP contribution >= 0.6 is 11.3 Å². The third-order valence-electron chi connectivity index (χ3n) is 9.78. The predicted octanol–water partition coefficient (Wildman–Crippen LogP) is 13.3. The van der Waals surface area contributed by atoms with Crippen molar-refractivity contribution in [3.05, 3.63) is 176 Å². The fourth-order valence-electron chi connectivity index (χ4n) is 7.54. The molecule has 224 valence electrons. The third kappa shape index (κ3) is 4.17. The van der Waals surface area contributed by atoms with E-state index in [9.17, 15) is 0 Å². The number of aromatic nitrogens is 1. The molecule has 0 N–H and O–H groups in total. The lowest BCUT2D eigenvalue weighted by molar-refractivity contribution is 1.19. The van der Waals surface area contributed by atoms with Gasteiger partial charge < -0.3 is 4.57 Å². The Labute approximate surface area is 282 Å². The molecular formula is C46H29NS. The van der Waals surface area contributed by atoms with Gasteiger partial charge in [-0.1, -0.05) is 146 Å². The molecule has 10 aromatic rings. The van der Waals surface area contributed by atoms with Crippen molar-refractivity contribution in [3.63, 3.8) is 0 Å². The molecule has 0 saturated heterocycles. The van der Waals surface area contributed by atoms with E-state index in [1.54, 1.807) is 0 Å². The first kappa shape index (κ1) is 27.2. The summed E-state index contributed by atoms with van der Waals surface area (Å²) in [5, 5.41) is 7.86. The molecule has 0 atom stereocenters. The third-order valence-corrected chi connectivity index (χ3v) is 11.0. The first-order valence-corrected chi connectivity index (χ1v) is 17.3. The summed E-state index contributed by atoms with van der Waals surface area (Å²) in [6, 6.07) is 64.2. The average molecular weight is 628 g/mol. The molecule has 8 aromatic carbocycles. The Hall–Kier alpha value is -5.96. The number of para-hydroxylation sites is 1. The standard InChI is InChI=1S/C46H29NS/c1-4-12-30(13-5-1)32-20-22-33(23-21-32)34-25-27-42-40(28-34)43-37-18-10-11-19-38(37)45-44(46(43)48-42)39-26-24-35(31-14-6-2-7-15-31)29-41(39)47(45)36-16-8-3-9-17-36/h1-29H. The Bertz CT molecular complexity index is 2790. The molecule has 2 heterocycles. The largest absolute Gasteiger partial charge is 0.309 e. The molecule has 0 bridgehead atoms. The number of thiophene rings is 1. The minimum Gasteiger partial charge on any atom is -0.309 e. The van der Waals surface area contributed by atoms with Crippen LogP contribution in [0.5, 0.6) is 0 Å². The van der Waals surface area contributed by atoms with E-state index in [0.29, 0.717) is 0 Å². The molecule has 0 amide bonds. The number of rotatable bonds is 4. The van der Waals surface area contributed by atoms with Gasteiger partial charge in [0.1, 0.15) is 0 Å². The van der Waals surface area contributed by atoms with Crippen LogP contribution in [0.25, 0.3) is 91.8 Å². The summed E-state index contributed by atoms with van der Waals surface area (Å²) in [5.74, 6) is 0. The van der Waals surface area contributed by atoms with Gasteiger partial charge in [-0.3, -0.25) is 0 Å². The van der Waals surface area contributed by atoms with Crippen molar-refractivity contribution >= 4 is 64.1 Å². The highest BCUT2D eigenvalue weighted by Crippen LogP contribution is 2.49. The van der Waals surface area contributed by atoms with Gasteiger partial charge in [0.05, 0.1) is 11.0 Å². The van der Waals surface area contributed by atoms with Crippen molar-refractivity contribution in [1.29, 1.82) is 0 Å². The van der Waals surface area contributed by atoms with E-state index in [0.717, 1.165) is 0 Å². The smallest absolute Gasteiger partial charge is 0.0634 e. The molecule has 0 saturated carbocycles.